The number of rotatable bonds is 2. The molecule has 0 bridgehead atoms. The summed E-state index contributed by atoms with van der Waals surface area (Å²) in [6, 6.07) is 6.85. The molecule has 1 aromatic carbocycles. The minimum atomic E-state index is -0.972. The number of carbonyl (C=O) groups is 1. The van der Waals surface area contributed by atoms with Gasteiger partial charge in [0.1, 0.15) is 0 Å². The second kappa shape index (κ2) is 4.19. The van der Waals surface area contributed by atoms with Gasteiger partial charge >= 0.3 is 5.97 Å². The number of benzene rings is 1. The standard InChI is InChI=1S/C11H9BrN2O2/c12-9-3-1-2-7-8(11(15)16)4-6(5-13)14-10(7)9/h1-4H,5,13H2,(H,15,16). The van der Waals surface area contributed by atoms with Gasteiger partial charge in [0, 0.05) is 16.4 Å². The Balaban J connectivity index is 2.87. The fraction of sp³-hybridized carbons (Fsp3) is 0.0909. The van der Waals surface area contributed by atoms with Crippen molar-refractivity contribution in [2.24, 2.45) is 5.73 Å². The van der Waals surface area contributed by atoms with Crippen LogP contribution in [0.4, 0.5) is 0 Å². The fourth-order valence-corrected chi connectivity index (χ4v) is 2.00. The van der Waals surface area contributed by atoms with Gasteiger partial charge in [-0.2, -0.15) is 0 Å². The molecule has 0 saturated heterocycles. The third-order valence-electron chi connectivity index (χ3n) is 2.28. The molecule has 4 nitrogen and oxygen atoms in total. The lowest BCUT2D eigenvalue weighted by atomic mass is 10.1. The quantitative estimate of drug-likeness (QED) is 0.884. The zero-order valence-electron chi connectivity index (χ0n) is 8.27. The Labute approximate surface area is 100 Å². The van der Waals surface area contributed by atoms with Crippen LogP contribution >= 0.6 is 15.9 Å². The molecule has 0 aliphatic rings. The van der Waals surface area contributed by atoms with E-state index in [0.29, 0.717) is 16.6 Å². The van der Waals surface area contributed by atoms with Crippen LogP contribution in [0, 0.1) is 0 Å². The summed E-state index contributed by atoms with van der Waals surface area (Å²) < 4.78 is 0.766. The number of hydrogen-bond acceptors (Lipinski definition) is 3. The molecule has 1 heterocycles. The van der Waals surface area contributed by atoms with Crippen molar-refractivity contribution in [1.29, 1.82) is 0 Å². The van der Waals surface area contributed by atoms with Crippen molar-refractivity contribution in [3.8, 4) is 0 Å². The number of hydrogen-bond donors (Lipinski definition) is 2. The van der Waals surface area contributed by atoms with Crippen molar-refractivity contribution < 1.29 is 9.90 Å². The molecule has 5 heteroatoms. The minimum absolute atomic E-state index is 0.220. The second-order valence-electron chi connectivity index (χ2n) is 3.31. The summed E-state index contributed by atoms with van der Waals surface area (Å²) >= 11 is 3.35. The number of para-hydroxylation sites is 1. The smallest absolute Gasteiger partial charge is 0.336 e. The molecule has 3 N–H and O–H groups in total. The van der Waals surface area contributed by atoms with Crippen LogP contribution in [-0.4, -0.2) is 16.1 Å². The van der Waals surface area contributed by atoms with E-state index in [9.17, 15) is 4.79 Å². The van der Waals surface area contributed by atoms with Crippen molar-refractivity contribution in [2.45, 2.75) is 6.54 Å². The highest BCUT2D eigenvalue weighted by Crippen LogP contribution is 2.25. The number of aromatic carboxylic acids is 1. The summed E-state index contributed by atoms with van der Waals surface area (Å²) in [5.74, 6) is -0.972. The molecular weight excluding hydrogens is 272 g/mol. The summed E-state index contributed by atoms with van der Waals surface area (Å²) in [7, 11) is 0. The molecule has 2 aromatic rings. The molecule has 0 aliphatic heterocycles. The topological polar surface area (TPSA) is 76.2 Å². The summed E-state index contributed by atoms with van der Waals surface area (Å²) in [5.41, 5.74) is 6.91. The van der Waals surface area contributed by atoms with E-state index < -0.39 is 5.97 Å². The van der Waals surface area contributed by atoms with Gasteiger partial charge < -0.3 is 10.8 Å². The van der Waals surface area contributed by atoms with Gasteiger partial charge in [0.25, 0.3) is 0 Å². The maximum absolute atomic E-state index is 11.1. The van der Waals surface area contributed by atoms with Crippen LogP contribution in [-0.2, 0) is 6.54 Å². The maximum atomic E-state index is 11.1. The number of carboxylic acid groups (broad SMARTS) is 1. The Hall–Kier alpha value is -1.46. The molecule has 2 rings (SSSR count). The van der Waals surface area contributed by atoms with Crippen LogP contribution < -0.4 is 5.73 Å². The SMILES string of the molecule is NCc1cc(C(=O)O)c2cccc(Br)c2n1. The van der Waals surface area contributed by atoms with Gasteiger partial charge in [0.05, 0.1) is 16.8 Å². The Morgan fingerprint density at radius 2 is 2.25 bits per heavy atom. The lowest BCUT2D eigenvalue weighted by Crippen LogP contribution is -2.05. The van der Waals surface area contributed by atoms with Crippen molar-refractivity contribution >= 4 is 32.8 Å². The van der Waals surface area contributed by atoms with Gasteiger partial charge in [-0.15, -0.1) is 0 Å². The first kappa shape index (κ1) is 11.0. The van der Waals surface area contributed by atoms with Crippen LogP contribution in [0.1, 0.15) is 16.1 Å². The molecule has 0 fully saturated rings. The molecule has 1 aromatic heterocycles. The monoisotopic (exact) mass is 280 g/mol. The largest absolute Gasteiger partial charge is 0.478 e. The van der Waals surface area contributed by atoms with Gasteiger partial charge in [0.2, 0.25) is 0 Å². The van der Waals surface area contributed by atoms with E-state index in [1.807, 2.05) is 6.07 Å². The molecule has 16 heavy (non-hydrogen) atoms. The fourth-order valence-electron chi connectivity index (χ4n) is 1.55. The Morgan fingerprint density at radius 3 is 2.88 bits per heavy atom. The third-order valence-corrected chi connectivity index (χ3v) is 2.92. The Bertz CT molecular complexity index is 569. The molecule has 0 atom stereocenters. The molecule has 0 aliphatic carbocycles. The van der Waals surface area contributed by atoms with Crippen LogP contribution in [0.25, 0.3) is 10.9 Å². The summed E-state index contributed by atoms with van der Waals surface area (Å²) in [4.78, 5) is 15.4. The number of halogens is 1. The number of aromatic nitrogens is 1. The lowest BCUT2D eigenvalue weighted by molar-refractivity contribution is 0.0699. The van der Waals surface area contributed by atoms with Crippen LogP contribution in [0.5, 0.6) is 0 Å². The maximum Gasteiger partial charge on any atom is 0.336 e. The van der Waals surface area contributed by atoms with E-state index in [0.717, 1.165) is 4.47 Å². The van der Waals surface area contributed by atoms with Crippen LogP contribution in [0.15, 0.2) is 28.7 Å². The van der Waals surface area contributed by atoms with Gasteiger partial charge in [-0.25, -0.2) is 4.79 Å². The van der Waals surface area contributed by atoms with Gasteiger partial charge in [-0.05, 0) is 28.1 Å². The molecule has 0 saturated carbocycles. The number of nitrogens with two attached hydrogens (primary N) is 1. The van der Waals surface area contributed by atoms with Crippen LogP contribution in [0.3, 0.4) is 0 Å². The highest BCUT2D eigenvalue weighted by Gasteiger charge is 2.12. The number of pyridine rings is 1. The first-order valence-electron chi connectivity index (χ1n) is 4.65. The zero-order valence-corrected chi connectivity index (χ0v) is 9.86. The summed E-state index contributed by atoms with van der Waals surface area (Å²) in [5, 5.41) is 9.72. The highest BCUT2D eigenvalue weighted by molar-refractivity contribution is 9.10. The average Bonchev–Trinajstić information content (AvgIpc) is 2.28. The van der Waals surface area contributed by atoms with E-state index in [4.69, 9.17) is 10.8 Å². The number of fused-ring (bicyclic) bond motifs is 1. The van der Waals surface area contributed by atoms with E-state index in [1.54, 1.807) is 12.1 Å². The third kappa shape index (κ3) is 1.79. The molecule has 0 unspecified atom stereocenters. The van der Waals surface area contributed by atoms with E-state index >= 15 is 0 Å². The number of carboxylic acids is 1. The molecule has 0 amide bonds. The van der Waals surface area contributed by atoms with E-state index in [-0.39, 0.29) is 12.1 Å². The van der Waals surface area contributed by atoms with Crippen LogP contribution in [0.2, 0.25) is 0 Å². The average molecular weight is 281 g/mol. The predicted molar refractivity (Wildman–Crippen MR) is 64.3 cm³/mol. The molecule has 0 radical (unpaired) electrons. The minimum Gasteiger partial charge on any atom is -0.478 e. The second-order valence-corrected chi connectivity index (χ2v) is 4.16. The molecule has 0 spiro atoms. The lowest BCUT2D eigenvalue weighted by Gasteiger charge is -2.06. The highest BCUT2D eigenvalue weighted by atomic mass is 79.9. The van der Waals surface area contributed by atoms with E-state index in [1.165, 1.54) is 6.07 Å². The van der Waals surface area contributed by atoms with Gasteiger partial charge in [0.15, 0.2) is 0 Å². The van der Waals surface area contributed by atoms with Crippen molar-refractivity contribution in [1.82, 2.24) is 4.98 Å². The first-order chi connectivity index (χ1) is 7.63. The summed E-state index contributed by atoms with van der Waals surface area (Å²) in [6.07, 6.45) is 0. The summed E-state index contributed by atoms with van der Waals surface area (Å²) in [6.45, 7) is 0.220. The van der Waals surface area contributed by atoms with Crippen molar-refractivity contribution in [3.63, 3.8) is 0 Å². The molecule has 82 valence electrons. The first-order valence-corrected chi connectivity index (χ1v) is 5.44. The molecular formula is C11H9BrN2O2. The van der Waals surface area contributed by atoms with Gasteiger partial charge in [-0.1, -0.05) is 12.1 Å². The van der Waals surface area contributed by atoms with Crippen molar-refractivity contribution in [2.75, 3.05) is 0 Å². The normalized spacial score (nSPS) is 10.6. The number of nitrogens with zero attached hydrogens (tertiary/aromatic N) is 1. The van der Waals surface area contributed by atoms with Crippen molar-refractivity contribution in [3.05, 3.63) is 40.0 Å². The predicted octanol–water partition coefficient (Wildman–Crippen LogP) is 2.15. The zero-order chi connectivity index (χ0) is 11.7. The van der Waals surface area contributed by atoms with Gasteiger partial charge in [-0.3, -0.25) is 4.98 Å². The van der Waals surface area contributed by atoms with E-state index in [2.05, 4.69) is 20.9 Å². The Kier molecular flexibility index (Phi) is 2.89. The Morgan fingerprint density at radius 1 is 1.50 bits per heavy atom.